The molecule has 0 aromatic heterocycles. The lowest BCUT2D eigenvalue weighted by Gasteiger charge is -2.23. The highest BCUT2D eigenvalue weighted by molar-refractivity contribution is 6.01. The van der Waals surface area contributed by atoms with Crippen LogP contribution in [0.3, 0.4) is 0 Å². The van der Waals surface area contributed by atoms with E-state index in [2.05, 4.69) is 33.2 Å². The van der Waals surface area contributed by atoms with Crippen LogP contribution in [0.2, 0.25) is 0 Å². The second-order valence-corrected chi connectivity index (χ2v) is 13.8. The summed E-state index contributed by atoms with van der Waals surface area (Å²) in [4.78, 5) is 55.2. The van der Waals surface area contributed by atoms with Gasteiger partial charge in [-0.25, -0.2) is 19.4 Å². The molecule has 0 spiro atoms. The molecule has 13 heteroatoms. The van der Waals surface area contributed by atoms with Crippen LogP contribution in [0, 0.1) is 0 Å². The Morgan fingerprint density at radius 3 is 1.78 bits per heavy atom. The van der Waals surface area contributed by atoms with Crippen molar-refractivity contribution in [2.24, 2.45) is 4.99 Å². The van der Waals surface area contributed by atoms with Gasteiger partial charge in [-0.3, -0.25) is 25.8 Å². The molecule has 272 valence electrons. The number of fused-ring (bicyclic) bond motifs is 3. The summed E-state index contributed by atoms with van der Waals surface area (Å²) in [7, 11) is 0. The van der Waals surface area contributed by atoms with Crippen molar-refractivity contribution in [2.45, 2.75) is 71.7 Å². The number of alkyl carbamates (subject to hydrolysis) is 2. The molecule has 0 saturated carbocycles. The lowest BCUT2D eigenvalue weighted by atomic mass is 9.98. The van der Waals surface area contributed by atoms with Gasteiger partial charge in [-0.2, -0.15) is 0 Å². The SMILES string of the molecule is CC(C)(C)OC(=O)NC(=NCCCN(CC(=O)OCc1ccccc1)NC(=O)OCC1c2ccccc2-c2ccccc21)NC(=O)OC(C)(C)C. The van der Waals surface area contributed by atoms with Crippen LogP contribution in [-0.4, -0.2) is 72.7 Å². The number of ether oxygens (including phenoxy) is 4. The van der Waals surface area contributed by atoms with E-state index < -0.39 is 35.5 Å². The van der Waals surface area contributed by atoms with Gasteiger partial charge in [0.2, 0.25) is 5.96 Å². The van der Waals surface area contributed by atoms with E-state index >= 15 is 0 Å². The highest BCUT2D eigenvalue weighted by atomic mass is 16.6. The molecule has 0 bridgehead atoms. The molecule has 3 amide bonds. The monoisotopic (exact) mass is 701 g/mol. The highest BCUT2D eigenvalue weighted by Crippen LogP contribution is 2.44. The van der Waals surface area contributed by atoms with Crippen molar-refractivity contribution in [2.75, 3.05) is 26.2 Å². The van der Waals surface area contributed by atoms with Crippen molar-refractivity contribution in [1.29, 1.82) is 0 Å². The topological polar surface area (TPSA) is 157 Å². The van der Waals surface area contributed by atoms with Crippen molar-refractivity contribution >= 4 is 30.2 Å². The number of hydrogen-bond donors (Lipinski definition) is 3. The summed E-state index contributed by atoms with van der Waals surface area (Å²) in [5.41, 5.74) is 6.25. The minimum absolute atomic E-state index is 0.0682. The fraction of sp³-hybridized carbons (Fsp3) is 0.395. The Morgan fingerprint density at radius 1 is 0.706 bits per heavy atom. The molecule has 0 saturated heterocycles. The number of hydrazine groups is 1. The van der Waals surface area contributed by atoms with Crippen molar-refractivity contribution in [3.8, 4) is 11.1 Å². The van der Waals surface area contributed by atoms with Crippen LogP contribution < -0.4 is 16.1 Å². The predicted octanol–water partition coefficient (Wildman–Crippen LogP) is 6.28. The number of guanidine groups is 1. The number of rotatable bonds is 11. The van der Waals surface area contributed by atoms with Crippen LogP contribution in [0.4, 0.5) is 14.4 Å². The predicted molar refractivity (Wildman–Crippen MR) is 192 cm³/mol. The van der Waals surface area contributed by atoms with Crippen LogP contribution in [0.15, 0.2) is 83.9 Å². The van der Waals surface area contributed by atoms with E-state index in [1.165, 1.54) is 5.01 Å². The van der Waals surface area contributed by atoms with Gasteiger partial charge in [0.05, 0.1) is 0 Å². The first-order valence-corrected chi connectivity index (χ1v) is 16.8. The molecule has 1 aliphatic carbocycles. The van der Waals surface area contributed by atoms with Gasteiger partial charge in [-0.05, 0) is 75.8 Å². The molecular formula is C38H47N5O8. The number of aliphatic imine (C=N–C) groups is 1. The lowest BCUT2D eigenvalue weighted by Crippen LogP contribution is -2.47. The van der Waals surface area contributed by atoms with Gasteiger partial charge in [0.25, 0.3) is 0 Å². The minimum atomic E-state index is -0.822. The summed E-state index contributed by atoms with van der Waals surface area (Å²) in [5.74, 6) is -0.896. The molecule has 3 aromatic carbocycles. The Bertz CT molecular complexity index is 1620. The van der Waals surface area contributed by atoms with Gasteiger partial charge < -0.3 is 18.9 Å². The quantitative estimate of drug-likeness (QED) is 0.0523. The van der Waals surface area contributed by atoms with Crippen molar-refractivity contribution < 1.29 is 38.1 Å². The second kappa shape index (κ2) is 17.5. The summed E-state index contributed by atoms with van der Waals surface area (Å²) < 4.78 is 21.7. The highest BCUT2D eigenvalue weighted by Gasteiger charge is 2.29. The van der Waals surface area contributed by atoms with Gasteiger partial charge in [-0.15, -0.1) is 0 Å². The van der Waals surface area contributed by atoms with Crippen molar-refractivity contribution in [3.63, 3.8) is 0 Å². The number of carbonyl (C=O) groups excluding carboxylic acids is 4. The Labute approximate surface area is 298 Å². The van der Waals surface area contributed by atoms with Gasteiger partial charge in [0.15, 0.2) is 0 Å². The largest absolute Gasteiger partial charge is 0.460 e. The number of hydrogen-bond acceptors (Lipinski definition) is 10. The fourth-order valence-electron chi connectivity index (χ4n) is 5.24. The van der Waals surface area contributed by atoms with E-state index in [1.807, 2.05) is 66.7 Å². The van der Waals surface area contributed by atoms with Gasteiger partial charge in [0.1, 0.15) is 31.0 Å². The smallest absolute Gasteiger partial charge is 0.421 e. The van der Waals surface area contributed by atoms with Crippen LogP contribution in [0.25, 0.3) is 11.1 Å². The molecule has 0 atom stereocenters. The first kappa shape index (κ1) is 38.4. The molecule has 1 aliphatic rings. The third-order valence-corrected chi connectivity index (χ3v) is 7.25. The lowest BCUT2D eigenvalue weighted by molar-refractivity contribution is -0.147. The second-order valence-electron chi connectivity index (χ2n) is 13.8. The normalized spacial score (nSPS) is 12.2. The molecule has 0 radical (unpaired) electrons. The molecular weight excluding hydrogens is 654 g/mol. The van der Waals surface area contributed by atoms with Crippen LogP contribution in [-0.2, 0) is 30.3 Å². The number of carbonyl (C=O) groups is 4. The molecule has 51 heavy (non-hydrogen) atoms. The average molecular weight is 702 g/mol. The third-order valence-electron chi connectivity index (χ3n) is 7.25. The molecule has 13 nitrogen and oxygen atoms in total. The first-order chi connectivity index (χ1) is 24.2. The van der Waals surface area contributed by atoms with Crippen LogP contribution in [0.5, 0.6) is 0 Å². The third kappa shape index (κ3) is 12.8. The van der Waals surface area contributed by atoms with Gasteiger partial charge >= 0.3 is 24.2 Å². The van der Waals surface area contributed by atoms with Crippen LogP contribution >= 0.6 is 0 Å². The zero-order valence-electron chi connectivity index (χ0n) is 30.0. The Kier molecular flexibility index (Phi) is 13.2. The number of benzene rings is 3. The van der Waals surface area contributed by atoms with Crippen molar-refractivity contribution in [3.05, 3.63) is 95.6 Å². The van der Waals surface area contributed by atoms with E-state index in [1.54, 1.807) is 41.5 Å². The number of amides is 3. The number of esters is 1. The summed E-state index contributed by atoms with van der Waals surface area (Å²) in [5, 5.41) is 6.24. The molecule has 0 fully saturated rings. The average Bonchev–Trinajstić information content (AvgIpc) is 3.37. The molecule has 0 heterocycles. The van der Waals surface area contributed by atoms with E-state index in [0.29, 0.717) is 0 Å². The van der Waals surface area contributed by atoms with Gasteiger partial charge in [-0.1, -0.05) is 78.9 Å². The standard InChI is InChI=1S/C38H47N5O8/c1-37(2,3)50-34(45)40-33(41-35(46)51-38(4,5)6)39-21-14-22-43(23-32(44)48-24-26-15-8-7-9-16-26)42-36(47)49-25-31-29-19-12-10-17-27(29)28-18-11-13-20-30(28)31/h7-13,15-20,31H,14,21-25H2,1-6H3,(H,42,47)(H2,39,40,41,45,46). The van der Waals surface area contributed by atoms with Crippen molar-refractivity contribution in [1.82, 2.24) is 21.1 Å². The van der Waals surface area contributed by atoms with E-state index in [4.69, 9.17) is 18.9 Å². The number of nitrogens with one attached hydrogen (secondary N) is 3. The summed E-state index contributed by atoms with van der Waals surface area (Å²) in [6.45, 7) is 10.3. The molecule has 0 unspecified atom stereocenters. The maximum atomic E-state index is 13.1. The van der Waals surface area contributed by atoms with E-state index in [9.17, 15) is 19.2 Å². The Morgan fingerprint density at radius 2 is 1.24 bits per heavy atom. The number of nitrogens with zero attached hydrogens (tertiary/aromatic N) is 2. The minimum Gasteiger partial charge on any atom is -0.460 e. The fourth-order valence-corrected chi connectivity index (χ4v) is 5.24. The van der Waals surface area contributed by atoms with E-state index in [0.717, 1.165) is 27.8 Å². The zero-order chi connectivity index (χ0) is 37.0. The molecule has 3 aromatic rings. The summed E-state index contributed by atoms with van der Waals surface area (Å²) in [6.07, 6.45) is -2.10. The first-order valence-electron chi connectivity index (χ1n) is 16.8. The molecule has 0 aliphatic heterocycles. The Balaban J connectivity index is 1.40. The molecule has 3 N–H and O–H groups in total. The summed E-state index contributed by atoms with van der Waals surface area (Å²) >= 11 is 0. The van der Waals surface area contributed by atoms with Crippen LogP contribution in [0.1, 0.15) is 70.6 Å². The Hall–Kier alpha value is -5.43. The van der Waals surface area contributed by atoms with E-state index in [-0.39, 0.29) is 51.1 Å². The zero-order valence-corrected chi connectivity index (χ0v) is 30.0. The maximum absolute atomic E-state index is 13.1. The van der Waals surface area contributed by atoms with Gasteiger partial charge in [0, 0.05) is 19.0 Å². The molecule has 4 rings (SSSR count). The summed E-state index contributed by atoms with van der Waals surface area (Å²) in [6, 6.07) is 25.3. The maximum Gasteiger partial charge on any atom is 0.421 e.